The van der Waals surface area contributed by atoms with Crippen LogP contribution in [0.5, 0.6) is 11.5 Å². The molecule has 0 atom stereocenters. The minimum absolute atomic E-state index is 0.227. The van der Waals surface area contributed by atoms with Crippen LogP contribution in [-0.2, 0) is 17.6 Å². The van der Waals surface area contributed by atoms with Crippen LogP contribution in [-0.4, -0.2) is 38.9 Å². The molecule has 7 heteroatoms. The number of carbonyl (C=O) groups is 3. The van der Waals surface area contributed by atoms with Gasteiger partial charge in [0.25, 0.3) is 0 Å². The number of rotatable bonds is 9. The van der Waals surface area contributed by atoms with E-state index < -0.39 is 11.6 Å². The quantitative estimate of drug-likeness (QED) is 0.226. The van der Waals surface area contributed by atoms with E-state index in [1.165, 1.54) is 27.4 Å². The van der Waals surface area contributed by atoms with E-state index in [9.17, 15) is 14.4 Å². The highest BCUT2D eigenvalue weighted by molar-refractivity contribution is 9.10. The lowest BCUT2D eigenvalue weighted by Crippen LogP contribution is -2.15. The molecule has 0 spiro atoms. The molecule has 3 rings (SSSR count). The van der Waals surface area contributed by atoms with Gasteiger partial charge in [0.2, 0.25) is 11.6 Å². The maximum Gasteiger partial charge on any atom is 0.337 e. The molecular formula is C26H23BrO6. The van der Waals surface area contributed by atoms with Crippen molar-refractivity contribution in [3.8, 4) is 11.5 Å². The van der Waals surface area contributed by atoms with Gasteiger partial charge in [-0.1, -0.05) is 28.1 Å². The van der Waals surface area contributed by atoms with Crippen molar-refractivity contribution in [1.82, 2.24) is 0 Å². The molecule has 0 amide bonds. The largest absolute Gasteiger partial charge is 0.493 e. The number of esters is 1. The number of aryl methyl sites for hydroxylation is 2. The van der Waals surface area contributed by atoms with Gasteiger partial charge in [-0.15, -0.1) is 0 Å². The summed E-state index contributed by atoms with van der Waals surface area (Å²) in [6, 6.07) is 17.1. The first-order chi connectivity index (χ1) is 15.9. The summed E-state index contributed by atoms with van der Waals surface area (Å²) in [5.41, 5.74) is 2.97. The molecule has 33 heavy (non-hydrogen) atoms. The number of methoxy groups -OCH3 is 3. The van der Waals surface area contributed by atoms with Crippen LogP contribution in [0.2, 0.25) is 0 Å². The molecule has 0 aliphatic rings. The Morgan fingerprint density at radius 2 is 1.27 bits per heavy atom. The van der Waals surface area contributed by atoms with Crippen LogP contribution < -0.4 is 9.47 Å². The van der Waals surface area contributed by atoms with Crippen LogP contribution >= 0.6 is 15.9 Å². The molecule has 0 fully saturated rings. The fourth-order valence-electron chi connectivity index (χ4n) is 3.38. The number of ketones is 2. The SMILES string of the molecule is COC(=O)c1ccc(CCc2cc(Br)cc(C(=O)C(=O)c3ccc(OC)c(OC)c3)c2)cc1. The van der Waals surface area contributed by atoms with Gasteiger partial charge in [0.15, 0.2) is 11.5 Å². The second-order valence-electron chi connectivity index (χ2n) is 7.26. The Morgan fingerprint density at radius 3 is 1.91 bits per heavy atom. The van der Waals surface area contributed by atoms with Gasteiger partial charge in [0.1, 0.15) is 0 Å². The first-order valence-electron chi connectivity index (χ1n) is 10.1. The zero-order chi connectivity index (χ0) is 24.0. The van der Waals surface area contributed by atoms with Gasteiger partial charge in [0.05, 0.1) is 26.9 Å². The highest BCUT2D eigenvalue weighted by Gasteiger charge is 2.21. The molecule has 0 aliphatic carbocycles. The van der Waals surface area contributed by atoms with Crippen LogP contribution in [0, 0.1) is 0 Å². The summed E-state index contributed by atoms with van der Waals surface area (Å²) in [6.45, 7) is 0. The summed E-state index contributed by atoms with van der Waals surface area (Å²) in [5, 5.41) is 0. The van der Waals surface area contributed by atoms with E-state index in [0.717, 1.165) is 11.1 Å². The predicted molar refractivity (Wildman–Crippen MR) is 128 cm³/mol. The maximum atomic E-state index is 12.9. The lowest BCUT2D eigenvalue weighted by atomic mass is 9.97. The summed E-state index contributed by atoms with van der Waals surface area (Å²) >= 11 is 3.44. The van der Waals surface area contributed by atoms with Crippen LogP contribution in [0.3, 0.4) is 0 Å². The van der Waals surface area contributed by atoms with Gasteiger partial charge in [-0.2, -0.15) is 0 Å². The molecule has 0 saturated carbocycles. The van der Waals surface area contributed by atoms with Gasteiger partial charge < -0.3 is 14.2 Å². The Kier molecular flexibility index (Phi) is 8.01. The van der Waals surface area contributed by atoms with Crippen LogP contribution in [0.1, 0.15) is 42.2 Å². The topological polar surface area (TPSA) is 78.9 Å². The summed E-state index contributed by atoms with van der Waals surface area (Å²) in [5.74, 6) is -0.753. The van der Waals surface area contributed by atoms with E-state index in [4.69, 9.17) is 14.2 Å². The smallest absolute Gasteiger partial charge is 0.337 e. The molecule has 3 aromatic carbocycles. The van der Waals surface area contributed by atoms with Gasteiger partial charge >= 0.3 is 5.97 Å². The number of Topliss-reactive ketones (excluding diaryl/α,β-unsaturated/α-hetero) is 2. The van der Waals surface area contributed by atoms with Gasteiger partial charge in [-0.05, 0) is 72.5 Å². The molecule has 0 bridgehead atoms. The van der Waals surface area contributed by atoms with Gasteiger partial charge in [-0.25, -0.2) is 4.79 Å². The first kappa shape index (κ1) is 24.2. The van der Waals surface area contributed by atoms with E-state index >= 15 is 0 Å². The van der Waals surface area contributed by atoms with Gasteiger partial charge in [-0.3, -0.25) is 9.59 Å². The fraction of sp³-hybridized carbons (Fsp3) is 0.192. The second-order valence-corrected chi connectivity index (χ2v) is 8.18. The minimum Gasteiger partial charge on any atom is -0.493 e. The van der Waals surface area contributed by atoms with Crippen molar-refractivity contribution in [2.75, 3.05) is 21.3 Å². The Hall–Kier alpha value is -3.45. The predicted octanol–water partition coefficient (Wildman–Crippen LogP) is 5.10. The standard InChI is InChI=1S/C26H23BrO6/c1-31-22-11-10-19(15-23(22)32-2)24(28)25(29)20-12-17(13-21(27)14-20)5-4-16-6-8-18(9-7-16)26(30)33-3/h6-15H,4-5H2,1-3H3. The van der Waals surface area contributed by atoms with E-state index in [-0.39, 0.29) is 11.5 Å². The Bertz CT molecular complexity index is 1180. The van der Waals surface area contributed by atoms with Crippen LogP contribution in [0.4, 0.5) is 0 Å². The van der Waals surface area contributed by atoms with Crippen molar-refractivity contribution >= 4 is 33.5 Å². The molecule has 0 radical (unpaired) electrons. The molecule has 0 aliphatic heterocycles. The highest BCUT2D eigenvalue weighted by Crippen LogP contribution is 2.28. The van der Waals surface area contributed by atoms with Crippen molar-refractivity contribution in [2.45, 2.75) is 12.8 Å². The molecule has 170 valence electrons. The van der Waals surface area contributed by atoms with Crippen molar-refractivity contribution < 1.29 is 28.6 Å². The maximum absolute atomic E-state index is 12.9. The zero-order valence-electron chi connectivity index (χ0n) is 18.5. The molecule has 0 unspecified atom stereocenters. The molecule has 0 saturated heterocycles. The third-order valence-electron chi connectivity index (χ3n) is 5.15. The summed E-state index contributed by atoms with van der Waals surface area (Å²) < 4.78 is 15.8. The molecule has 0 N–H and O–H groups in total. The molecular weight excluding hydrogens is 488 g/mol. The van der Waals surface area contributed by atoms with E-state index in [0.29, 0.717) is 39.9 Å². The summed E-state index contributed by atoms with van der Waals surface area (Å²) in [4.78, 5) is 37.3. The number of hydrogen-bond acceptors (Lipinski definition) is 6. The highest BCUT2D eigenvalue weighted by atomic mass is 79.9. The van der Waals surface area contributed by atoms with Crippen molar-refractivity contribution in [3.63, 3.8) is 0 Å². The zero-order valence-corrected chi connectivity index (χ0v) is 20.1. The molecule has 0 heterocycles. The van der Waals surface area contributed by atoms with Crippen molar-refractivity contribution in [1.29, 1.82) is 0 Å². The van der Waals surface area contributed by atoms with Gasteiger partial charge in [0, 0.05) is 15.6 Å². The summed E-state index contributed by atoms with van der Waals surface area (Å²) in [7, 11) is 4.32. The molecule has 6 nitrogen and oxygen atoms in total. The number of hydrogen-bond donors (Lipinski definition) is 0. The van der Waals surface area contributed by atoms with Crippen molar-refractivity contribution in [3.05, 3.63) is 93.0 Å². The number of benzene rings is 3. The third-order valence-corrected chi connectivity index (χ3v) is 5.61. The first-order valence-corrected chi connectivity index (χ1v) is 10.9. The number of carbonyl (C=O) groups excluding carboxylic acids is 3. The number of ether oxygens (including phenoxy) is 3. The van der Waals surface area contributed by atoms with Crippen molar-refractivity contribution in [2.24, 2.45) is 0 Å². The van der Waals surface area contributed by atoms with E-state index in [2.05, 4.69) is 15.9 Å². The second kappa shape index (κ2) is 10.9. The average Bonchev–Trinajstić information content (AvgIpc) is 2.85. The Balaban J connectivity index is 1.76. The molecule has 0 aromatic heterocycles. The van der Waals surface area contributed by atoms with Crippen LogP contribution in [0.15, 0.2) is 65.1 Å². The Morgan fingerprint density at radius 1 is 0.667 bits per heavy atom. The lowest BCUT2D eigenvalue weighted by molar-refractivity contribution is 0.0600. The Labute approximate surface area is 200 Å². The monoisotopic (exact) mass is 510 g/mol. The third kappa shape index (κ3) is 5.87. The summed E-state index contributed by atoms with van der Waals surface area (Å²) in [6.07, 6.45) is 1.36. The number of halogens is 1. The minimum atomic E-state index is -0.626. The normalized spacial score (nSPS) is 10.4. The molecule has 3 aromatic rings. The fourth-order valence-corrected chi connectivity index (χ4v) is 3.92. The van der Waals surface area contributed by atoms with E-state index in [1.54, 1.807) is 36.4 Å². The average molecular weight is 511 g/mol. The van der Waals surface area contributed by atoms with Crippen LogP contribution in [0.25, 0.3) is 0 Å². The lowest BCUT2D eigenvalue weighted by Gasteiger charge is -2.10. The van der Waals surface area contributed by atoms with E-state index in [1.807, 2.05) is 18.2 Å².